The minimum absolute atomic E-state index is 0.151. The molecule has 4 heteroatoms. The van der Waals surface area contributed by atoms with Gasteiger partial charge in [0.25, 0.3) is 0 Å². The number of thioether (sulfide) groups is 1. The van der Waals surface area contributed by atoms with Crippen molar-refractivity contribution in [1.82, 2.24) is 5.32 Å². The Morgan fingerprint density at radius 3 is 2.76 bits per heavy atom. The summed E-state index contributed by atoms with van der Waals surface area (Å²) in [6.45, 7) is 4.42. The molecule has 3 nitrogen and oxygen atoms in total. The van der Waals surface area contributed by atoms with Crippen LogP contribution in [0.25, 0.3) is 6.08 Å². The van der Waals surface area contributed by atoms with Crippen LogP contribution in [0.4, 0.5) is 0 Å². The quantitative estimate of drug-likeness (QED) is 0.841. The van der Waals surface area contributed by atoms with Gasteiger partial charge in [0, 0.05) is 12.6 Å². The third-order valence-electron chi connectivity index (χ3n) is 3.85. The van der Waals surface area contributed by atoms with Crippen molar-refractivity contribution in [2.24, 2.45) is 0 Å². The predicted octanol–water partition coefficient (Wildman–Crippen LogP) is 2.69. The highest BCUT2D eigenvalue weighted by Gasteiger charge is 2.29. The van der Waals surface area contributed by atoms with Crippen molar-refractivity contribution in [3.05, 3.63) is 41.0 Å². The van der Waals surface area contributed by atoms with E-state index in [-0.39, 0.29) is 5.91 Å². The van der Waals surface area contributed by atoms with E-state index in [1.807, 2.05) is 36.9 Å². The first-order chi connectivity index (χ1) is 9.98. The second kappa shape index (κ2) is 7.14. The highest BCUT2D eigenvalue weighted by molar-refractivity contribution is 7.99. The van der Waals surface area contributed by atoms with Gasteiger partial charge in [-0.25, -0.2) is 0 Å². The summed E-state index contributed by atoms with van der Waals surface area (Å²) in [5, 5.41) is 13.1. The maximum Gasteiger partial charge on any atom is 0.244 e. The molecule has 0 saturated carbocycles. The highest BCUT2D eigenvalue weighted by atomic mass is 32.2. The summed E-state index contributed by atoms with van der Waals surface area (Å²) in [4.78, 5) is 11.9. The number of hydrogen-bond donors (Lipinski definition) is 2. The van der Waals surface area contributed by atoms with Crippen molar-refractivity contribution in [3.8, 4) is 0 Å². The molecule has 0 aliphatic carbocycles. The van der Waals surface area contributed by atoms with Gasteiger partial charge in [-0.05, 0) is 55.4 Å². The van der Waals surface area contributed by atoms with Gasteiger partial charge in [-0.2, -0.15) is 11.8 Å². The molecule has 0 spiro atoms. The molecule has 2 rings (SSSR count). The van der Waals surface area contributed by atoms with Crippen LogP contribution in [0.3, 0.4) is 0 Å². The molecular weight excluding hydrogens is 282 g/mol. The fraction of sp³-hybridized carbons (Fsp3) is 0.471. The maximum absolute atomic E-state index is 11.9. The van der Waals surface area contributed by atoms with Crippen LogP contribution < -0.4 is 5.32 Å². The number of hydrogen-bond acceptors (Lipinski definition) is 3. The molecule has 21 heavy (non-hydrogen) atoms. The molecular formula is C17H23NO2S. The van der Waals surface area contributed by atoms with Gasteiger partial charge in [-0.15, -0.1) is 0 Å². The first kappa shape index (κ1) is 16.1. The van der Waals surface area contributed by atoms with Crippen LogP contribution in [0.5, 0.6) is 0 Å². The van der Waals surface area contributed by atoms with E-state index >= 15 is 0 Å². The smallest absolute Gasteiger partial charge is 0.244 e. The van der Waals surface area contributed by atoms with Gasteiger partial charge in [0.05, 0.1) is 5.60 Å². The first-order valence-corrected chi connectivity index (χ1v) is 8.47. The summed E-state index contributed by atoms with van der Waals surface area (Å²) in [6, 6.07) is 6.15. The van der Waals surface area contributed by atoms with Crippen LogP contribution in [0.2, 0.25) is 0 Å². The molecule has 1 heterocycles. The molecule has 114 valence electrons. The summed E-state index contributed by atoms with van der Waals surface area (Å²) in [6.07, 6.45) is 4.86. The van der Waals surface area contributed by atoms with Gasteiger partial charge in [0.1, 0.15) is 0 Å². The molecule has 1 aromatic rings. The summed E-state index contributed by atoms with van der Waals surface area (Å²) < 4.78 is 0. The molecule has 0 bridgehead atoms. The maximum atomic E-state index is 11.9. The minimum Gasteiger partial charge on any atom is -0.388 e. The van der Waals surface area contributed by atoms with Crippen LogP contribution >= 0.6 is 11.8 Å². The zero-order valence-corrected chi connectivity index (χ0v) is 13.5. The third-order valence-corrected chi connectivity index (χ3v) is 4.84. The Morgan fingerprint density at radius 1 is 1.38 bits per heavy atom. The lowest BCUT2D eigenvalue weighted by Crippen LogP contribution is -2.44. The Labute approximate surface area is 130 Å². The molecule has 1 aliphatic rings. The monoisotopic (exact) mass is 305 g/mol. The van der Waals surface area contributed by atoms with E-state index in [1.165, 1.54) is 5.56 Å². The zero-order chi connectivity index (χ0) is 15.3. The van der Waals surface area contributed by atoms with E-state index in [0.29, 0.717) is 6.54 Å². The summed E-state index contributed by atoms with van der Waals surface area (Å²) in [5.74, 6) is 1.77. The van der Waals surface area contributed by atoms with E-state index in [2.05, 4.69) is 18.3 Å². The Hall–Kier alpha value is -1.26. The zero-order valence-electron chi connectivity index (χ0n) is 12.7. The largest absolute Gasteiger partial charge is 0.388 e. The predicted molar refractivity (Wildman–Crippen MR) is 89.5 cm³/mol. The Morgan fingerprint density at radius 2 is 2.10 bits per heavy atom. The molecule has 1 aromatic carbocycles. The Bertz CT molecular complexity index is 534. The number of benzene rings is 1. The summed E-state index contributed by atoms with van der Waals surface area (Å²) in [5.41, 5.74) is 2.69. The van der Waals surface area contributed by atoms with Gasteiger partial charge < -0.3 is 10.4 Å². The second-order valence-electron chi connectivity index (χ2n) is 5.75. The summed E-state index contributed by atoms with van der Waals surface area (Å²) in [7, 11) is 0. The van der Waals surface area contributed by atoms with Gasteiger partial charge >= 0.3 is 0 Å². The lowest BCUT2D eigenvalue weighted by molar-refractivity contribution is -0.117. The third kappa shape index (κ3) is 4.90. The molecule has 0 radical (unpaired) electrons. The lowest BCUT2D eigenvalue weighted by Gasteiger charge is -2.31. The van der Waals surface area contributed by atoms with Crippen molar-refractivity contribution < 1.29 is 9.90 Å². The molecule has 2 N–H and O–H groups in total. The summed E-state index contributed by atoms with van der Waals surface area (Å²) >= 11 is 1.86. The number of aryl methyl sites for hydroxylation is 2. The first-order valence-electron chi connectivity index (χ1n) is 7.32. The van der Waals surface area contributed by atoms with Gasteiger partial charge in [0.15, 0.2) is 0 Å². The van der Waals surface area contributed by atoms with Crippen LogP contribution in [-0.2, 0) is 4.79 Å². The Kier molecular flexibility index (Phi) is 5.48. The molecule has 0 atom stereocenters. The lowest BCUT2D eigenvalue weighted by atomic mass is 9.97. The number of rotatable bonds is 4. The van der Waals surface area contributed by atoms with Gasteiger partial charge in [-0.3, -0.25) is 4.79 Å². The fourth-order valence-electron chi connectivity index (χ4n) is 2.42. The van der Waals surface area contributed by atoms with E-state index in [9.17, 15) is 9.90 Å². The van der Waals surface area contributed by atoms with E-state index in [4.69, 9.17) is 0 Å². The van der Waals surface area contributed by atoms with Crippen molar-refractivity contribution >= 4 is 23.7 Å². The molecule has 1 amide bonds. The van der Waals surface area contributed by atoms with Gasteiger partial charge in [0.2, 0.25) is 5.91 Å². The standard InChI is InChI=1S/C17H23NO2S/c1-13-3-4-15(14(2)11-13)5-6-16(19)18-12-17(20)7-9-21-10-8-17/h3-6,11,20H,7-10,12H2,1-2H3,(H,18,19). The number of aliphatic hydroxyl groups is 1. The topological polar surface area (TPSA) is 49.3 Å². The normalized spacial score (nSPS) is 17.9. The minimum atomic E-state index is -0.728. The van der Waals surface area contributed by atoms with Crippen LogP contribution in [-0.4, -0.2) is 34.7 Å². The van der Waals surface area contributed by atoms with Crippen molar-refractivity contribution in [3.63, 3.8) is 0 Å². The van der Waals surface area contributed by atoms with Crippen molar-refractivity contribution in [1.29, 1.82) is 0 Å². The number of amides is 1. The average Bonchev–Trinajstić information content (AvgIpc) is 2.45. The van der Waals surface area contributed by atoms with Crippen LogP contribution in [0, 0.1) is 13.8 Å². The van der Waals surface area contributed by atoms with Crippen LogP contribution in [0.15, 0.2) is 24.3 Å². The Balaban J connectivity index is 1.87. The van der Waals surface area contributed by atoms with E-state index in [1.54, 1.807) is 6.08 Å². The molecule has 0 unspecified atom stereocenters. The molecule has 1 fully saturated rings. The van der Waals surface area contributed by atoms with Gasteiger partial charge in [-0.1, -0.05) is 23.8 Å². The second-order valence-corrected chi connectivity index (χ2v) is 6.97. The fourth-order valence-corrected chi connectivity index (χ4v) is 3.67. The van der Waals surface area contributed by atoms with E-state index in [0.717, 1.165) is 35.5 Å². The van der Waals surface area contributed by atoms with Crippen LogP contribution in [0.1, 0.15) is 29.5 Å². The van der Waals surface area contributed by atoms with E-state index < -0.39 is 5.60 Å². The average molecular weight is 305 g/mol. The highest BCUT2D eigenvalue weighted by Crippen LogP contribution is 2.26. The number of carbonyl (C=O) groups is 1. The SMILES string of the molecule is Cc1ccc(C=CC(=O)NCC2(O)CCSCC2)c(C)c1. The number of carbonyl (C=O) groups excluding carboxylic acids is 1. The van der Waals surface area contributed by atoms with Crippen molar-refractivity contribution in [2.45, 2.75) is 32.3 Å². The number of nitrogens with one attached hydrogen (secondary N) is 1. The molecule has 1 saturated heterocycles. The van der Waals surface area contributed by atoms with Crippen molar-refractivity contribution in [2.75, 3.05) is 18.1 Å². The molecule has 0 aromatic heterocycles. The molecule has 1 aliphatic heterocycles.